The van der Waals surface area contributed by atoms with Gasteiger partial charge in [-0.3, -0.25) is 9.79 Å². The van der Waals surface area contributed by atoms with Crippen LogP contribution in [0.2, 0.25) is 0 Å². The Morgan fingerprint density at radius 3 is 2.62 bits per heavy atom. The number of aliphatic hydroxyl groups excluding tert-OH is 1. The second-order valence-electron chi connectivity index (χ2n) is 11.2. The highest BCUT2D eigenvalue weighted by molar-refractivity contribution is 5.94. The van der Waals surface area contributed by atoms with E-state index < -0.39 is 12.0 Å². The van der Waals surface area contributed by atoms with Gasteiger partial charge in [-0.05, 0) is 66.4 Å². The van der Waals surface area contributed by atoms with Crippen molar-refractivity contribution in [3.8, 4) is 17.4 Å². The molecule has 2 aromatic carbocycles. The van der Waals surface area contributed by atoms with Crippen LogP contribution >= 0.6 is 0 Å². The van der Waals surface area contributed by atoms with E-state index in [1.165, 1.54) is 7.11 Å². The Morgan fingerprint density at radius 2 is 1.88 bits per heavy atom. The monoisotopic (exact) mass is 542 g/mol. The molecular weight excluding hydrogens is 504 g/mol. The number of benzene rings is 2. The number of ether oxygens (including phenoxy) is 2. The van der Waals surface area contributed by atoms with E-state index in [1.807, 2.05) is 68.6 Å². The lowest BCUT2D eigenvalue weighted by Crippen LogP contribution is -2.28. The highest BCUT2D eigenvalue weighted by Crippen LogP contribution is 2.42. The van der Waals surface area contributed by atoms with Crippen LogP contribution in [-0.4, -0.2) is 35.0 Å². The molecule has 40 heavy (non-hydrogen) atoms. The molecular formula is C33H38N2O5. The third-order valence-electron chi connectivity index (χ3n) is 8.14. The zero-order valence-electron chi connectivity index (χ0n) is 23.4. The molecule has 1 aliphatic heterocycles. The number of methoxy groups -OCH3 is 1. The molecule has 1 saturated carbocycles. The van der Waals surface area contributed by atoms with Crippen molar-refractivity contribution in [2.45, 2.75) is 58.0 Å². The van der Waals surface area contributed by atoms with Gasteiger partial charge in [0.1, 0.15) is 17.3 Å². The second-order valence-corrected chi connectivity index (χ2v) is 11.2. The van der Waals surface area contributed by atoms with E-state index >= 15 is 0 Å². The predicted octanol–water partition coefficient (Wildman–Crippen LogP) is 6.78. The van der Waals surface area contributed by atoms with Crippen molar-refractivity contribution in [2.24, 2.45) is 28.7 Å². The summed E-state index contributed by atoms with van der Waals surface area (Å²) in [6, 6.07) is 19.7. The van der Waals surface area contributed by atoms with Crippen molar-refractivity contribution >= 4 is 11.5 Å². The topological polar surface area (TPSA) is 94.2 Å². The molecule has 1 N–H and O–H groups in total. The van der Waals surface area contributed by atoms with Gasteiger partial charge < -0.3 is 19.1 Å². The van der Waals surface area contributed by atoms with Crippen molar-refractivity contribution < 1.29 is 23.9 Å². The van der Waals surface area contributed by atoms with Gasteiger partial charge in [0.25, 0.3) is 5.88 Å². The number of rotatable bonds is 12. The van der Waals surface area contributed by atoms with Crippen LogP contribution in [0.25, 0.3) is 0 Å². The maximum atomic E-state index is 13.6. The number of hydrogen-bond donors (Lipinski definition) is 1. The molecule has 7 heteroatoms. The molecule has 0 saturated heterocycles. The van der Waals surface area contributed by atoms with Gasteiger partial charge in [0, 0.05) is 36.2 Å². The van der Waals surface area contributed by atoms with Gasteiger partial charge in [-0.1, -0.05) is 56.3 Å². The first-order chi connectivity index (χ1) is 19.4. The molecule has 1 fully saturated rings. The number of hydrogen-bond acceptors (Lipinski definition) is 7. The van der Waals surface area contributed by atoms with Gasteiger partial charge in [-0.15, -0.1) is 0 Å². The summed E-state index contributed by atoms with van der Waals surface area (Å²) in [6.45, 7) is 4.03. The molecule has 0 bridgehead atoms. The van der Waals surface area contributed by atoms with Crippen LogP contribution in [0.15, 0.2) is 82.5 Å². The van der Waals surface area contributed by atoms with Crippen molar-refractivity contribution in [3.05, 3.63) is 84.3 Å². The normalized spacial score (nSPS) is 22.9. The molecule has 0 amide bonds. The summed E-state index contributed by atoms with van der Waals surface area (Å²) < 4.78 is 16.8. The Hall–Kier alpha value is -3.71. The Bertz CT molecular complexity index is 1350. The lowest BCUT2D eigenvalue weighted by Gasteiger charge is -2.25. The number of aliphatic hydroxyl groups is 1. The lowest BCUT2D eigenvalue weighted by atomic mass is 9.78. The minimum Gasteiger partial charge on any atom is -0.479 e. The number of allylic oxidation sites excluding steroid dienone is 1. The fourth-order valence-electron chi connectivity index (χ4n) is 6.22. The van der Waals surface area contributed by atoms with Crippen LogP contribution in [0.5, 0.6) is 17.4 Å². The number of nitrogens with zero attached hydrogens (tertiary/aromatic N) is 2. The minimum absolute atomic E-state index is 0.0309. The first-order valence-corrected chi connectivity index (χ1v) is 14.2. The number of aryl methyl sites for hydroxylation is 1. The molecule has 0 radical (unpaired) electrons. The summed E-state index contributed by atoms with van der Waals surface area (Å²) >= 11 is 0. The molecule has 0 spiro atoms. The standard InChI is InChI=1S/C33H38N2O5/c1-21(2)32(30-20-31(38-3)35-40-30)28(37)18-24-17-25(36)19-27(24)33-23(15-16-34-33)14-13-22-9-7-8-12-29(22)39-26-10-5-4-6-11-26/h4-12,15-16,20-21,23-25,27,32,36H,13-14,17-19H2,1-3H3/t23?,24?,25-,27+,32?/m0/s1. The van der Waals surface area contributed by atoms with E-state index in [2.05, 4.69) is 17.3 Å². The molecule has 2 aliphatic rings. The van der Waals surface area contributed by atoms with Crippen molar-refractivity contribution in [1.29, 1.82) is 0 Å². The van der Waals surface area contributed by atoms with Crippen LogP contribution < -0.4 is 9.47 Å². The fourth-order valence-corrected chi connectivity index (χ4v) is 6.22. The molecule has 2 heterocycles. The molecule has 210 valence electrons. The Balaban J connectivity index is 1.26. The van der Waals surface area contributed by atoms with E-state index in [4.69, 9.17) is 19.0 Å². The number of Topliss-reactive ketones (excluding diaryl/α,β-unsaturated/α-hetero) is 1. The van der Waals surface area contributed by atoms with Gasteiger partial charge in [-0.25, -0.2) is 0 Å². The second kappa shape index (κ2) is 12.6. The predicted molar refractivity (Wildman–Crippen MR) is 154 cm³/mol. The molecule has 1 aliphatic carbocycles. The van der Waals surface area contributed by atoms with Crippen molar-refractivity contribution in [3.63, 3.8) is 0 Å². The van der Waals surface area contributed by atoms with E-state index in [0.29, 0.717) is 30.9 Å². The number of para-hydroxylation sites is 2. The van der Waals surface area contributed by atoms with Gasteiger partial charge in [-0.2, -0.15) is 0 Å². The number of aliphatic imine (C=N–C) groups is 1. The summed E-state index contributed by atoms with van der Waals surface area (Å²) in [5, 5.41) is 14.6. The van der Waals surface area contributed by atoms with Crippen molar-refractivity contribution in [2.75, 3.05) is 7.11 Å². The van der Waals surface area contributed by atoms with E-state index in [9.17, 15) is 9.90 Å². The summed E-state index contributed by atoms with van der Waals surface area (Å²) in [5.41, 5.74) is 2.23. The SMILES string of the molecule is COc1cc(C(C(=O)CC2C[C@H](O)C[C@H]2C2=NC=CC2CCc2ccccc2Oc2ccccc2)C(C)C)on1. The van der Waals surface area contributed by atoms with Crippen molar-refractivity contribution in [1.82, 2.24) is 5.16 Å². The maximum absolute atomic E-state index is 13.6. The summed E-state index contributed by atoms with van der Waals surface area (Å²) in [4.78, 5) is 18.4. The van der Waals surface area contributed by atoms with Crippen LogP contribution in [0, 0.1) is 23.7 Å². The largest absolute Gasteiger partial charge is 0.479 e. The first kappa shape index (κ1) is 27.8. The number of carbonyl (C=O) groups excluding carboxylic acids is 1. The van der Waals surface area contributed by atoms with Crippen LogP contribution in [0.4, 0.5) is 0 Å². The lowest BCUT2D eigenvalue weighted by molar-refractivity contribution is -0.123. The molecule has 3 aromatic rings. The van der Waals surface area contributed by atoms with Gasteiger partial charge in [0.15, 0.2) is 5.76 Å². The highest BCUT2D eigenvalue weighted by atomic mass is 16.5. The average molecular weight is 543 g/mol. The Kier molecular flexibility index (Phi) is 8.80. The smallest absolute Gasteiger partial charge is 0.254 e. The fraction of sp³-hybridized carbons (Fsp3) is 0.424. The zero-order chi connectivity index (χ0) is 28.1. The Morgan fingerprint density at radius 1 is 1.10 bits per heavy atom. The Labute approximate surface area is 235 Å². The quantitative estimate of drug-likeness (QED) is 0.271. The molecule has 5 atom stereocenters. The average Bonchev–Trinajstić information content (AvgIpc) is 3.68. The third kappa shape index (κ3) is 6.36. The summed E-state index contributed by atoms with van der Waals surface area (Å²) in [7, 11) is 1.53. The minimum atomic E-state index is -0.436. The number of ketones is 1. The first-order valence-electron chi connectivity index (χ1n) is 14.2. The summed E-state index contributed by atoms with van der Waals surface area (Å²) in [5.74, 6) is 2.57. The van der Waals surface area contributed by atoms with Crippen LogP contribution in [0.3, 0.4) is 0 Å². The zero-order valence-corrected chi connectivity index (χ0v) is 23.4. The summed E-state index contributed by atoms with van der Waals surface area (Å²) in [6.07, 6.45) is 6.90. The molecule has 3 unspecified atom stereocenters. The van der Waals surface area contributed by atoms with Crippen LogP contribution in [0.1, 0.15) is 56.8 Å². The number of aromatic nitrogens is 1. The molecule has 7 nitrogen and oxygen atoms in total. The maximum Gasteiger partial charge on any atom is 0.254 e. The van der Waals surface area contributed by atoms with Crippen LogP contribution in [-0.2, 0) is 11.2 Å². The highest BCUT2D eigenvalue weighted by Gasteiger charge is 2.41. The molecule has 5 rings (SSSR count). The van der Waals surface area contributed by atoms with E-state index in [1.54, 1.807) is 6.07 Å². The van der Waals surface area contributed by atoms with Gasteiger partial charge >= 0.3 is 0 Å². The van der Waals surface area contributed by atoms with Gasteiger partial charge in [0.2, 0.25) is 0 Å². The molecule has 1 aromatic heterocycles. The number of carbonyl (C=O) groups is 1. The third-order valence-corrected chi connectivity index (χ3v) is 8.14. The van der Waals surface area contributed by atoms with Gasteiger partial charge in [0.05, 0.1) is 19.1 Å². The van der Waals surface area contributed by atoms with E-state index in [-0.39, 0.29) is 29.5 Å². The van der Waals surface area contributed by atoms with E-state index in [0.717, 1.165) is 35.6 Å².